The maximum atomic E-state index is 11.2. The molecule has 2 aliphatic rings. The number of amides is 2. The number of rotatable bonds is 2. The van der Waals surface area contributed by atoms with Crippen LogP contribution in [0.25, 0.3) is 0 Å². The smallest absolute Gasteiger partial charge is 1.00 e. The Labute approximate surface area is 211 Å². The van der Waals surface area contributed by atoms with E-state index in [-0.39, 0.29) is 70.0 Å². The van der Waals surface area contributed by atoms with Crippen molar-refractivity contribution in [3.05, 3.63) is 0 Å². The van der Waals surface area contributed by atoms with E-state index in [1.54, 1.807) is 27.7 Å². The quantitative estimate of drug-likeness (QED) is 0.395. The van der Waals surface area contributed by atoms with Crippen molar-refractivity contribution in [1.29, 1.82) is 0 Å². The van der Waals surface area contributed by atoms with Crippen molar-refractivity contribution < 1.29 is 65.1 Å². The summed E-state index contributed by atoms with van der Waals surface area (Å²) in [5.41, 5.74) is -0.926. The molecule has 0 atom stereocenters. The minimum Gasteiger partial charge on any atom is -1.00 e. The monoisotopic (exact) mass is 453 g/mol. The summed E-state index contributed by atoms with van der Waals surface area (Å²) in [5, 5.41) is 21.8. The average Bonchev–Trinajstić information content (AvgIpc) is 2.41. The number of ether oxygens (including phenoxy) is 2. The molecule has 0 heterocycles. The van der Waals surface area contributed by atoms with Crippen LogP contribution in [0.4, 0.5) is 9.59 Å². The number of ketones is 1. The predicted molar refractivity (Wildman–Crippen MR) is 115 cm³/mol. The number of alkyl carbamates (subject to hydrolysis) is 2. The zero-order valence-corrected chi connectivity index (χ0v) is 22.3. The van der Waals surface area contributed by atoms with E-state index in [2.05, 4.69) is 10.6 Å². The number of nitrogens with one attached hydrogen (secondary N) is 2. The van der Waals surface area contributed by atoms with Gasteiger partial charge in [-0.3, -0.25) is 4.79 Å². The van der Waals surface area contributed by atoms with E-state index in [1.807, 2.05) is 20.8 Å². The van der Waals surface area contributed by atoms with E-state index in [0.717, 1.165) is 0 Å². The Bertz CT molecular complexity index is 543. The molecule has 0 spiro atoms. The van der Waals surface area contributed by atoms with Gasteiger partial charge in [-0.05, 0) is 61.3 Å². The molecule has 0 saturated heterocycles. The summed E-state index contributed by atoms with van der Waals surface area (Å²) in [5.74, 6) is 0.195. The van der Waals surface area contributed by atoms with Crippen LogP contribution in [-0.2, 0) is 14.3 Å². The van der Waals surface area contributed by atoms with Crippen molar-refractivity contribution in [1.82, 2.24) is 10.6 Å². The Hall–Kier alpha value is -0.805. The zero-order chi connectivity index (χ0) is 22.8. The normalized spacial score (nSPS) is 19.7. The van der Waals surface area contributed by atoms with Gasteiger partial charge in [-0.2, -0.15) is 0 Å². The van der Waals surface area contributed by atoms with Crippen molar-refractivity contribution >= 4 is 26.4 Å². The topological polar surface area (TPSA) is 134 Å². The summed E-state index contributed by atoms with van der Waals surface area (Å²) in [4.78, 5) is 32.9. The van der Waals surface area contributed by atoms with Crippen molar-refractivity contribution in [3.63, 3.8) is 0 Å². The molecule has 2 aliphatic carbocycles. The Balaban J connectivity index is -0.000000201. The van der Waals surface area contributed by atoms with Crippen LogP contribution in [0.3, 0.4) is 0 Å². The van der Waals surface area contributed by atoms with Crippen LogP contribution in [0.15, 0.2) is 0 Å². The molecule has 9 nitrogen and oxygen atoms in total. The van der Waals surface area contributed by atoms with E-state index < -0.39 is 23.4 Å². The second-order valence-electron chi connectivity index (χ2n) is 9.07. The number of aliphatic hydroxyl groups excluding tert-OH is 2. The van der Waals surface area contributed by atoms with Gasteiger partial charge in [-0.15, -0.1) is 0 Å². The van der Waals surface area contributed by atoms with Gasteiger partial charge < -0.3 is 31.7 Å². The standard InChI is InChI=1S/C9H17NO3.C9H15NO3.C2H6O.B.Na.H/c2*1-9(2,3)13-8(12)10-6-4-7(11)5-6;1-2-3;;;/h6-7,11H,4-5H2,1-3H3,(H,10,12);6H,4-5H2,1-3H3,(H,10,12);3H,2H2,1H3;;;/q;;;;+1;-1. The Morgan fingerprint density at radius 2 is 1.29 bits per heavy atom. The van der Waals surface area contributed by atoms with E-state index in [4.69, 9.17) is 19.7 Å². The van der Waals surface area contributed by atoms with E-state index in [9.17, 15) is 14.4 Å². The Kier molecular flexibility index (Phi) is 17.9. The largest absolute Gasteiger partial charge is 1.00 e. The van der Waals surface area contributed by atoms with Crippen LogP contribution in [-0.4, -0.2) is 72.6 Å². The van der Waals surface area contributed by atoms with Crippen LogP contribution in [0.5, 0.6) is 0 Å². The van der Waals surface area contributed by atoms with Crippen molar-refractivity contribution in [2.24, 2.45) is 0 Å². The van der Waals surface area contributed by atoms with Crippen LogP contribution in [0.2, 0.25) is 0 Å². The molecule has 4 N–H and O–H groups in total. The van der Waals surface area contributed by atoms with Crippen LogP contribution in [0.1, 0.15) is 75.6 Å². The molecule has 31 heavy (non-hydrogen) atoms. The van der Waals surface area contributed by atoms with E-state index in [0.29, 0.717) is 25.7 Å². The van der Waals surface area contributed by atoms with Crippen molar-refractivity contribution in [2.45, 2.75) is 104 Å². The fourth-order valence-electron chi connectivity index (χ4n) is 2.25. The molecule has 2 rings (SSSR count). The SMILES string of the molecule is CC(C)(C)OC(=O)NC1CC(=O)C1.CC(C)(C)OC(=O)NC1CC(O)C1.CCO.[B].[H-].[Na+]. The number of Topliss-reactive ketones (excluding diaryl/α,β-unsaturated/α-hetero) is 1. The first-order valence-electron chi connectivity index (χ1n) is 9.94. The summed E-state index contributed by atoms with van der Waals surface area (Å²) in [6.45, 7) is 12.8. The number of hydrogen-bond acceptors (Lipinski definition) is 7. The first-order chi connectivity index (χ1) is 13.1. The fourth-order valence-corrected chi connectivity index (χ4v) is 2.25. The molecule has 11 heteroatoms. The van der Waals surface area contributed by atoms with Gasteiger partial charge in [0.2, 0.25) is 0 Å². The second kappa shape index (κ2) is 15.9. The molecule has 3 radical (unpaired) electrons. The molecule has 0 bridgehead atoms. The maximum Gasteiger partial charge on any atom is 1.00 e. The molecule has 0 aromatic rings. The molecular weight excluding hydrogens is 414 g/mol. The third kappa shape index (κ3) is 19.6. The molecule has 175 valence electrons. The minimum absolute atomic E-state index is 0. The van der Waals surface area contributed by atoms with Gasteiger partial charge in [0.05, 0.1) is 6.10 Å². The van der Waals surface area contributed by atoms with Gasteiger partial charge in [-0.25, -0.2) is 9.59 Å². The number of aliphatic hydroxyl groups is 2. The van der Waals surface area contributed by atoms with E-state index >= 15 is 0 Å². The second-order valence-corrected chi connectivity index (χ2v) is 9.07. The zero-order valence-electron chi connectivity index (χ0n) is 21.3. The van der Waals surface area contributed by atoms with Gasteiger partial charge >= 0.3 is 41.7 Å². The van der Waals surface area contributed by atoms with Crippen molar-refractivity contribution in [2.75, 3.05) is 6.61 Å². The maximum absolute atomic E-state index is 11.2. The molecule has 0 aliphatic heterocycles. The summed E-state index contributed by atoms with van der Waals surface area (Å²) in [6.07, 6.45) is 1.08. The Morgan fingerprint density at radius 3 is 1.55 bits per heavy atom. The van der Waals surface area contributed by atoms with Crippen LogP contribution in [0, 0.1) is 0 Å². The van der Waals surface area contributed by atoms with Gasteiger partial charge in [0.15, 0.2) is 0 Å². The van der Waals surface area contributed by atoms with Crippen LogP contribution >= 0.6 is 0 Å². The van der Waals surface area contributed by atoms with Gasteiger partial charge in [0.25, 0.3) is 0 Å². The molecule has 0 aromatic carbocycles. The fraction of sp³-hybridized carbons (Fsp3) is 0.850. The summed E-state index contributed by atoms with van der Waals surface area (Å²) < 4.78 is 10.1. The Morgan fingerprint density at radius 1 is 0.968 bits per heavy atom. The molecule has 0 unspecified atom stereocenters. The van der Waals surface area contributed by atoms with E-state index in [1.165, 1.54) is 0 Å². The molecular formula is C20H39BN2NaO7. The predicted octanol–water partition coefficient (Wildman–Crippen LogP) is -0.989. The molecule has 2 fully saturated rings. The first-order valence-corrected chi connectivity index (χ1v) is 9.94. The molecule has 2 saturated carbocycles. The molecule has 0 aromatic heterocycles. The number of carbonyl (C=O) groups excluding carboxylic acids is 3. The van der Waals surface area contributed by atoms with Gasteiger partial charge in [-0.1, -0.05) is 0 Å². The van der Waals surface area contributed by atoms with Crippen molar-refractivity contribution in [3.8, 4) is 0 Å². The third-order valence-corrected chi connectivity index (χ3v) is 3.50. The molecule has 2 amide bonds. The van der Waals surface area contributed by atoms with Gasteiger partial charge in [0.1, 0.15) is 17.0 Å². The number of hydrogen-bond donors (Lipinski definition) is 4. The summed E-state index contributed by atoms with van der Waals surface area (Å²) in [7, 11) is 0. The number of carbonyl (C=O) groups is 3. The summed E-state index contributed by atoms with van der Waals surface area (Å²) in [6, 6.07) is 0.0761. The minimum atomic E-state index is -0.474. The third-order valence-electron chi connectivity index (χ3n) is 3.50. The first kappa shape index (κ1) is 34.8. The average molecular weight is 453 g/mol. The van der Waals surface area contributed by atoms with Gasteiger partial charge in [0, 0.05) is 39.9 Å². The summed E-state index contributed by atoms with van der Waals surface area (Å²) >= 11 is 0. The van der Waals surface area contributed by atoms with Crippen LogP contribution < -0.4 is 40.2 Å².